The van der Waals surface area contributed by atoms with E-state index in [1.165, 1.54) is 4.57 Å². The van der Waals surface area contributed by atoms with Crippen LogP contribution in [0.3, 0.4) is 0 Å². The number of imidazole rings is 1. The van der Waals surface area contributed by atoms with Crippen molar-refractivity contribution in [1.82, 2.24) is 18.7 Å². The molecule has 0 saturated carbocycles. The molecule has 0 unspecified atom stereocenters. The highest BCUT2D eigenvalue weighted by molar-refractivity contribution is 5.95. The van der Waals surface area contributed by atoms with E-state index in [1.807, 2.05) is 13.8 Å². The summed E-state index contributed by atoms with van der Waals surface area (Å²) >= 11 is 0. The highest BCUT2D eigenvalue weighted by atomic mass is 16.3. The van der Waals surface area contributed by atoms with Crippen molar-refractivity contribution in [2.24, 2.45) is 0 Å². The third-order valence-corrected chi connectivity index (χ3v) is 4.91. The number of ketones is 1. The van der Waals surface area contributed by atoms with Gasteiger partial charge >= 0.3 is 5.69 Å². The minimum atomic E-state index is -0.553. The number of benzene rings is 1. The number of hydrogen-bond donors (Lipinski definition) is 1. The van der Waals surface area contributed by atoms with Crippen LogP contribution in [0.25, 0.3) is 11.2 Å². The maximum Gasteiger partial charge on any atom is 0.333 e. The fourth-order valence-corrected chi connectivity index (χ4v) is 3.44. The van der Waals surface area contributed by atoms with E-state index in [0.29, 0.717) is 24.5 Å². The Labute approximate surface area is 168 Å². The summed E-state index contributed by atoms with van der Waals surface area (Å²) in [7, 11) is 0. The van der Waals surface area contributed by atoms with Crippen LogP contribution >= 0.6 is 0 Å². The van der Waals surface area contributed by atoms with Crippen LogP contribution < -0.4 is 11.2 Å². The number of aliphatic hydroxyl groups excluding tert-OH is 1. The molecule has 1 aromatic carbocycles. The molecule has 0 spiro atoms. The van der Waals surface area contributed by atoms with E-state index in [2.05, 4.69) is 4.98 Å². The van der Waals surface area contributed by atoms with Gasteiger partial charge in [-0.05, 0) is 12.8 Å². The summed E-state index contributed by atoms with van der Waals surface area (Å²) in [6.07, 6.45) is 2.32. The van der Waals surface area contributed by atoms with Gasteiger partial charge in [-0.3, -0.25) is 18.7 Å². The Morgan fingerprint density at radius 2 is 1.72 bits per heavy atom. The van der Waals surface area contributed by atoms with Gasteiger partial charge in [-0.25, -0.2) is 9.78 Å². The minimum absolute atomic E-state index is 0.257. The van der Waals surface area contributed by atoms with E-state index in [1.54, 1.807) is 34.9 Å². The lowest BCUT2D eigenvalue weighted by Crippen LogP contribution is -2.42. The van der Waals surface area contributed by atoms with Crippen molar-refractivity contribution in [3.63, 3.8) is 0 Å². The molecule has 0 radical (unpaired) electrons. The lowest BCUT2D eigenvalue weighted by atomic mass is 10.1. The first-order valence-corrected chi connectivity index (χ1v) is 9.95. The summed E-state index contributed by atoms with van der Waals surface area (Å²) < 4.78 is 4.09. The van der Waals surface area contributed by atoms with Crippen molar-refractivity contribution < 1.29 is 9.90 Å². The number of carbonyl (C=O) groups excluding carboxylic acids is 1. The second-order valence-electron chi connectivity index (χ2n) is 6.98. The molecule has 8 heteroatoms. The van der Waals surface area contributed by atoms with E-state index in [-0.39, 0.29) is 30.1 Å². The predicted molar refractivity (Wildman–Crippen MR) is 110 cm³/mol. The lowest BCUT2D eigenvalue weighted by Gasteiger charge is -2.12. The van der Waals surface area contributed by atoms with Crippen molar-refractivity contribution in [1.29, 1.82) is 0 Å². The third kappa shape index (κ3) is 3.93. The molecule has 2 aromatic heterocycles. The number of Topliss-reactive ketones (excluding diaryl/α,β-unsaturated/α-hetero) is 1. The molecular weight excluding hydrogens is 372 g/mol. The standard InChI is InChI=1S/C21H26N4O4/c1-3-5-12-24-19-18(23(11-4-2)17(14-26)22-19)20(28)25(21(24)29)13-16(27)15-9-7-6-8-10-15/h6-10,26H,3-5,11-14H2,1-2H3. The summed E-state index contributed by atoms with van der Waals surface area (Å²) in [5, 5.41) is 9.70. The Kier molecular flexibility index (Phi) is 6.43. The van der Waals surface area contributed by atoms with E-state index in [4.69, 9.17) is 0 Å². The molecule has 0 saturated heterocycles. The number of carbonyl (C=O) groups is 1. The zero-order chi connectivity index (χ0) is 21.0. The average molecular weight is 398 g/mol. The second-order valence-corrected chi connectivity index (χ2v) is 6.98. The first-order chi connectivity index (χ1) is 14.0. The molecule has 0 fully saturated rings. The van der Waals surface area contributed by atoms with Gasteiger partial charge in [-0.2, -0.15) is 0 Å². The molecule has 0 atom stereocenters. The molecule has 0 aliphatic heterocycles. The monoisotopic (exact) mass is 398 g/mol. The second kappa shape index (κ2) is 9.00. The SMILES string of the molecule is CCCCn1c(=O)n(CC(=O)c2ccccc2)c(=O)c2c1nc(CO)n2CCC. The molecule has 3 rings (SSSR count). The van der Waals surface area contributed by atoms with E-state index < -0.39 is 11.2 Å². The first kappa shape index (κ1) is 20.7. The zero-order valence-corrected chi connectivity index (χ0v) is 16.8. The van der Waals surface area contributed by atoms with Crippen molar-refractivity contribution >= 4 is 16.9 Å². The predicted octanol–water partition coefficient (Wildman–Crippen LogP) is 1.94. The summed E-state index contributed by atoms with van der Waals surface area (Å²) in [5.41, 5.74) is -0.132. The van der Waals surface area contributed by atoms with Crippen molar-refractivity contribution in [2.45, 2.75) is 59.4 Å². The number of hydrogen-bond acceptors (Lipinski definition) is 5. The molecule has 2 heterocycles. The molecule has 3 aromatic rings. The highest BCUT2D eigenvalue weighted by Gasteiger charge is 2.22. The van der Waals surface area contributed by atoms with Crippen LogP contribution in [0, 0.1) is 0 Å². The van der Waals surface area contributed by atoms with E-state index >= 15 is 0 Å². The first-order valence-electron chi connectivity index (χ1n) is 9.95. The van der Waals surface area contributed by atoms with Crippen LogP contribution in [0.4, 0.5) is 0 Å². The number of aryl methyl sites for hydroxylation is 2. The molecule has 29 heavy (non-hydrogen) atoms. The van der Waals surface area contributed by atoms with Gasteiger partial charge < -0.3 is 9.67 Å². The number of fused-ring (bicyclic) bond motifs is 1. The minimum Gasteiger partial charge on any atom is -0.388 e. The van der Waals surface area contributed by atoms with Gasteiger partial charge in [0.2, 0.25) is 0 Å². The van der Waals surface area contributed by atoms with Gasteiger partial charge in [0.15, 0.2) is 16.9 Å². The average Bonchev–Trinajstić information content (AvgIpc) is 3.10. The van der Waals surface area contributed by atoms with Crippen molar-refractivity contribution in [2.75, 3.05) is 0 Å². The van der Waals surface area contributed by atoms with Gasteiger partial charge in [-0.1, -0.05) is 50.6 Å². The van der Waals surface area contributed by atoms with Gasteiger partial charge in [-0.15, -0.1) is 0 Å². The Morgan fingerprint density at radius 1 is 1.00 bits per heavy atom. The maximum atomic E-state index is 13.2. The van der Waals surface area contributed by atoms with Gasteiger partial charge in [0.1, 0.15) is 12.4 Å². The largest absolute Gasteiger partial charge is 0.388 e. The molecule has 0 amide bonds. The van der Waals surface area contributed by atoms with E-state index in [9.17, 15) is 19.5 Å². The Hall–Kier alpha value is -3.00. The topological polar surface area (TPSA) is 99.1 Å². The Morgan fingerprint density at radius 3 is 2.34 bits per heavy atom. The molecule has 0 bridgehead atoms. The summed E-state index contributed by atoms with van der Waals surface area (Å²) in [5.74, 6) is 0.0332. The molecule has 1 N–H and O–H groups in total. The molecule has 0 aliphatic carbocycles. The fraction of sp³-hybridized carbons (Fsp3) is 0.429. The van der Waals surface area contributed by atoms with E-state index in [0.717, 1.165) is 23.8 Å². The molecular formula is C21H26N4O4. The van der Waals surface area contributed by atoms with Gasteiger partial charge in [0.25, 0.3) is 5.56 Å². The quantitative estimate of drug-likeness (QED) is 0.556. The smallest absolute Gasteiger partial charge is 0.333 e. The number of rotatable bonds is 9. The van der Waals surface area contributed by atoms with Crippen LogP contribution in [-0.2, 0) is 26.2 Å². The Bertz CT molecular complexity index is 1130. The fourth-order valence-electron chi connectivity index (χ4n) is 3.44. The maximum absolute atomic E-state index is 13.2. The Balaban J connectivity index is 2.23. The van der Waals surface area contributed by atoms with Crippen LogP contribution in [-0.4, -0.2) is 29.6 Å². The number of aliphatic hydroxyl groups is 1. The normalized spacial score (nSPS) is 11.3. The molecule has 0 aliphatic rings. The van der Waals surface area contributed by atoms with Crippen LogP contribution in [0.2, 0.25) is 0 Å². The zero-order valence-electron chi connectivity index (χ0n) is 16.8. The molecule has 8 nitrogen and oxygen atoms in total. The van der Waals surface area contributed by atoms with Crippen molar-refractivity contribution in [3.8, 4) is 0 Å². The lowest BCUT2D eigenvalue weighted by molar-refractivity contribution is 0.0968. The van der Waals surface area contributed by atoms with Crippen molar-refractivity contribution in [3.05, 3.63) is 62.6 Å². The third-order valence-electron chi connectivity index (χ3n) is 4.91. The van der Waals surface area contributed by atoms with Crippen LogP contribution in [0.5, 0.6) is 0 Å². The summed E-state index contributed by atoms with van der Waals surface area (Å²) in [4.78, 5) is 43.4. The number of aromatic nitrogens is 4. The van der Waals surface area contributed by atoms with Crippen LogP contribution in [0.1, 0.15) is 49.3 Å². The number of nitrogens with zero attached hydrogens (tertiary/aromatic N) is 4. The molecule has 154 valence electrons. The summed E-state index contributed by atoms with van der Waals surface area (Å²) in [6.45, 7) is 4.16. The highest BCUT2D eigenvalue weighted by Crippen LogP contribution is 2.14. The van der Waals surface area contributed by atoms with Gasteiger partial charge in [0.05, 0.1) is 6.54 Å². The van der Waals surface area contributed by atoms with Gasteiger partial charge in [0, 0.05) is 18.7 Å². The van der Waals surface area contributed by atoms with Crippen LogP contribution in [0.15, 0.2) is 39.9 Å². The summed E-state index contributed by atoms with van der Waals surface area (Å²) in [6, 6.07) is 8.59. The number of unbranched alkanes of at least 4 members (excludes halogenated alkanes) is 1.